The van der Waals surface area contributed by atoms with Gasteiger partial charge in [-0.2, -0.15) is 0 Å². The van der Waals surface area contributed by atoms with E-state index in [2.05, 4.69) is 0 Å². The summed E-state index contributed by atoms with van der Waals surface area (Å²) in [5.74, 6) is 0. The third-order valence-corrected chi connectivity index (χ3v) is 0. The van der Waals surface area contributed by atoms with Crippen LogP contribution in [0.3, 0.4) is 0 Å². The monoisotopic (exact) mass is 110 g/mol. The molecule has 5 heavy (non-hydrogen) atoms. The van der Waals surface area contributed by atoms with Crippen molar-refractivity contribution in [3.63, 3.8) is 0 Å². The van der Waals surface area contributed by atoms with Crippen LogP contribution in [0.15, 0.2) is 0 Å². The van der Waals surface area contributed by atoms with Gasteiger partial charge in [0.25, 0.3) is 0 Å². The van der Waals surface area contributed by atoms with Crippen molar-refractivity contribution in [3.8, 4) is 0 Å². The van der Waals surface area contributed by atoms with E-state index in [1.807, 2.05) is 0 Å². The van der Waals surface area contributed by atoms with Crippen LogP contribution < -0.4 is 15.1 Å². The van der Waals surface area contributed by atoms with Crippen molar-refractivity contribution in [1.82, 2.24) is 0 Å². The van der Waals surface area contributed by atoms with Crippen LogP contribution in [0, 0.1) is 0 Å². The van der Waals surface area contributed by atoms with E-state index in [9.17, 15) is 0 Å². The fraction of sp³-hybridized carbons (Fsp3) is 0. The molecule has 0 aliphatic rings. The van der Waals surface area contributed by atoms with Crippen molar-refractivity contribution in [3.05, 3.63) is 0 Å². The zero-order chi connectivity index (χ0) is 3.58. The summed E-state index contributed by atoms with van der Waals surface area (Å²) in [5.41, 5.74) is 0. The maximum atomic E-state index is 8.42. The van der Waals surface area contributed by atoms with E-state index in [1.165, 1.54) is 0 Å². The fourth-order valence-corrected chi connectivity index (χ4v) is 0. The minimum Gasteiger partial charge on any atom is -0.907 e. The van der Waals surface area contributed by atoms with Gasteiger partial charge in [-0.1, -0.05) is 0 Å². The number of rotatable bonds is 0. The second-order valence-corrected chi connectivity index (χ2v) is 0.289. The normalized spacial score (nSPS) is 5.40. The van der Waals surface area contributed by atoms with Gasteiger partial charge in [0.15, 0.2) is 0 Å². The van der Waals surface area contributed by atoms with Crippen LogP contribution in [0.4, 0.5) is 0 Å². The Morgan fingerprint density at radius 1 is 1.00 bits per heavy atom. The first-order valence-electron chi connectivity index (χ1n) is 0.707. The Kier molecular flexibility index (Phi) is 8.25. The van der Waals surface area contributed by atoms with Crippen LogP contribution in [0.5, 0.6) is 0 Å². The summed E-state index contributed by atoms with van der Waals surface area (Å²) >= 11 is 0. The van der Waals surface area contributed by atoms with Crippen LogP contribution in [0.2, 0.25) is 0 Å². The van der Waals surface area contributed by atoms with Gasteiger partial charge in [0, 0.05) is 0 Å². The molecule has 0 radical (unpaired) electrons. The fourth-order valence-electron chi connectivity index (χ4n) is 0. The van der Waals surface area contributed by atoms with Crippen molar-refractivity contribution in [2.75, 3.05) is 0 Å². The molecule has 0 spiro atoms. The van der Waals surface area contributed by atoms with Crippen LogP contribution in [-0.4, -0.2) is 7.32 Å². The van der Waals surface area contributed by atoms with Crippen molar-refractivity contribution in [2.45, 2.75) is 0 Å². The molecule has 0 aromatic heterocycles. The van der Waals surface area contributed by atoms with Crippen LogP contribution in [-0.2, 0) is 18.6 Å². The molecule has 0 fully saturated rings. The first-order valence-corrected chi connectivity index (χ1v) is 0.707. The Hall–Kier alpha value is 0.529. The molecular formula is BO3V. The summed E-state index contributed by atoms with van der Waals surface area (Å²) in [5, 5.41) is 25.2. The maximum Gasteiger partial charge on any atom is 3.00 e. The molecule has 0 N–H and O–H groups in total. The molecule has 0 unspecified atom stereocenters. The van der Waals surface area contributed by atoms with Gasteiger partial charge in [-0.3, -0.25) is 7.32 Å². The van der Waals surface area contributed by atoms with Gasteiger partial charge in [0.05, 0.1) is 0 Å². The number of hydrogen-bond donors (Lipinski definition) is 0. The molecule has 5 heteroatoms. The molecule has 0 aromatic carbocycles. The summed E-state index contributed by atoms with van der Waals surface area (Å²) in [4.78, 5) is 0. The van der Waals surface area contributed by atoms with Gasteiger partial charge in [-0.05, 0) is 0 Å². The van der Waals surface area contributed by atoms with E-state index in [0.717, 1.165) is 0 Å². The topological polar surface area (TPSA) is 69.2 Å². The Balaban J connectivity index is 0. The Morgan fingerprint density at radius 3 is 1.00 bits per heavy atom. The Labute approximate surface area is 41.7 Å². The van der Waals surface area contributed by atoms with Gasteiger partial charge in [-0.15, -0.1) is 0 Å². The van der Waals surface area contributed by atoms with E-state index in [-0.39, 0.29) is 18.6 Å². The molecule has 0 aliphatic heterocycles. The third-order valence-electron chi connectivity index (χ3n) is 0. The first-order chi connectivity index (χ1) is 1.73. The zero-order valence-electron chi connectivity index (χ0n) is 2.25. The van der Waals surface area contributed by atoms with Crippen molar-refractivity contribution < 1.29 is 33.6 Å². The largest absolute Gasteiger partial charge is 3.00 e. The van der Waals surface area contributed by atoms with Crippen molar-refractivity contribution in [2.24, 2.45) is 0 Å². The molecule has 0 aliphatic carbocycles. The van der Waals surface area contributed by atoms with E-state index >= 15 is 0 Å². The summed E-state index contributed by atoms with van der Waals surface area (Å²) < 4.78 is 0. The van der Waals surface area contributed by atoms with E-state index in [1.54, 1.807) is 0 Å². The molecule has 3 nitrogen and oxygen atoms in total. The molecule has 0 bridgehead atoms. The van der Waals surface area contributed by atoms with E-state index in [4.69, 9.17) is 15.1 Å². The molecule has 0 heterocycles. The third kappa shape index (κ3) is 103. The molecule has 0 aromatic rings. The summed E-state index contributed by atoms with van der Waals surface area (Å²) in [6.07, 6.45) is 0. The molecule has 0 rings (SSSR count). The predicted octanol–water partition coefficient (Wildman–Crippen LogP) is -3.95. The summed E-state index contributed by atoms with van der Waals surface area (Å²) in [6, 6.07) is 0. The van der Waals surface area contributed by atoms with Crippen molar-refractivity contribution >= 4 is 7.32 Å². The van der Waals surface area contributed by atoms with Crippen molar-refractivity contribution in [1.29, 1.82) is 0 Å². The predicted molar refractivity (Wildman–Crippen MR) is 5.75 cm³/mol. The minimum atomic E-state index is -2.92. The molecule has 0 saturated heterocycles. The average molecular weight is 110 g/mol. The molecule has 0 saturated carbocycles. The molecular weight excluding hydrogens is 110 g/mol. The number of hydrogen-bond acceptors (Lipinski definition) is 3. The molecule has 0 amide bonds. The Bertz CT molecular complexity index is 11.6. The van der Waals surface area contributed by atoms with Crippen LogP contribution >= 0.6 is 0 Å². The maximum absolute atomic E-state index is 8.42. The van der Waals surface area contributed by atoms with Crippen LogP contribution in [0.25, 0.3) is 0 Å². The smallest absolute Gasteiger partial charge is 0.907 e. The standard InChI is InChI=1S/BO3.V/c2-1(3)4;/q-3;+3. The van der Waals surface area contributed by atoms with Gasteiger partial charge in [-0.25, -0.2) is 0 Å². The van der Waals surface area contributed by atoms with E-state index in [0.29, 0.717) is 0 Å². The van der Waals surface area contributed by atoms with Gasteiger partial charge in [0.1, 0.15) is 0 Å². The zero-order valence-corrected chi connectivity index (χ0v) is 3.65. The summed E-state index contributed by atoms with van der Waals surface area (Å²) in [7, 11) is -2.92. The molecule has 0 atom stereocenters. The second-order valence-electron chi connectivity index (χ2n) is 0.289. The van der Waals surface area contributed by atoms with Gasteiger partial charge in [0.2, 0.25) is 0 Å². The first kappa shape index (κ1) is 9.11. The van der Waals surface area contributed by atoms with Crippen LogP contribution in [0.1, 0.15) is 0 Å². The van der Waals surface area contributed by atoms with E-state index < -0.39 is 7.32 Å². The van der Waals surface area contributed by atoms with Gasteiger partial charge < -0.3 is 15.1 Å². The van der Waals surface area contributed by atoms with Gasteiger partial charge >= 0.3 is 18.6 Å². The minimum absolute atomic E-state index is 0. The second kappa shape index (κ2) is 4.53. The quantitative estimate of drug-likeness (QED) is 0.298. The Morgan fingerprint density at radius 2 is 1.00 bits per heavy atom. The molecule has 26 valence electrons. The SMILES string of the molecule is [O-]B([O-])[O-].[V+3]. The average Bonchev–Trinajstić information content (AvgIpc) is 0.811. The summed E-state index contributed by atoms with van der Waals surface area (Å²) in [6.45, 7) is 0.